The topological polar surface area (TPSA) is 29.9 Å². The van der Waals surface area contributed by atoms with Crippen LogP contribution in [-0.4, -0.2) is 15.8 Å². The Hall–Kier alpha value is -1.61. The molecule has 3 heteroatoms. The van der Waals surface area contributed by atoms with Crippen LogP contribution in [0.25, 0.3) is 5.69 Å². The van der Waals surface area contributed by atoms with E-state index in [9.17, 15) is 0 Å². The van der Waals surface area contributed by atoms with Crippen LogP contribution in [0.4, 0.5) is 0 Å². The molecule has 3 rings (SSSR count). The molecule has 0 saturated heterocycles. The van der Waals surface area contributed by atoms with Gasteiger partial charge >= 0.3 is 0 Å². The molecule has 1 atom stereocenters. The third-order valence-electron chi connectivity index (χ3n) is 5.56. The monoisotopic (exact) mass is 283 g/mol. The maximum atomic E-state index is 4.48. The first kappa shape index (κ1) is 14.3. The maximum absolute atomic E-state index is 4.48. The molecule has 1 aromatic carbocycles. The normalized spacial score (nSPS) is 21.2. The zero-order chi connectivity index (χ0) is 15.3. The summed E-state index contributed by atoms with van der Waals surface area (Å²) in [5.74, 6) is 0. The van der Waals surface area contributed by atoms with Crippen molar-refractivity contribution in [3.05, 3.63) is 48.3 Å². The number of hydrogen-bond donors (Lipinski definition) is 1. The van der Waals surface area contributed by atoms with E-state index in [1.165, 1.54) is 5.56 Å². The number of hydrogen-bond acceptors (Lipinski definition) is 2. The molecule has 1 aromatic heterocycles. The zero-order valence-electron chi connectivity index (χ0n) is 13.6. The van der Waals surface area contributed by atoms with Gasteiger partial charge in [-0.25, -0.2) is 4.68 Å². The molecule has 0 spiro atoms. The Morgan fingerprint density at radius 2 is 1.71 bits per heavy atom. The lowest BCUT2D eigenvalue weighted by Gasteiger charge is -2.13. The standard InChI is InChI=1S/C18H25N3/c1-13(20-16-17(2,3)18(16,4)5)14-11-19-21(12-14)15-9-7-6-8-10-15/h6-13,16,20H,1-5H3. The molecule has 1 unspecified atom stereocenters. The van der Waals surface area contributed by atoms with Crippen molar-refractivity contribution in [2.75, 3.05) is 0 Å². The van der Waals surface area contributed by atoms with E-state index in [0.717, 1.165) is 5.69 Å². The Morgan fingerprint density at radius 1 is 1.10 bits per heavy atom. The molecule has 1 fully saturated rings. The van der Waals surface area contributed by atoms with Crippen molar-refractivity contribution in [1.82, 2.24) is 15.1 Å². The highest BCUT2D eigenvalue weighted by Gasteiger charge is 2.64. The van der Waals surface area contributed by atoms with Gasteiger partial charge in [-0.3, -0.25) is 0 Å². The van der Waals surface area contributed by atoms with Crippen LogP contribution in [0.1, 0.15) is 46.2 Å². The molecular weight excluding hydrogens is 258 g/mol. The molecule has 112 valence electrons. The van der Waals surface area contributed by atoms with E-state index in [-0.39, 0.29) is 0 Å². The van der Waals surface area contributed by atoms with Crippen LogP contribution in [0.3, 0.4) is 0 Å². The molecule has 2 aromatic rings. The maximum Gasteiger partial charge on any atom is 0.0645 e. The highest BCUT2D eigenvalue weighted by Crippen LogP contribution is 2.63. The number of aromatic nitrogens is 2. The first-order valence-electron chi connectivity index (χ1n) is 7.70. The van der Waals surface area contributed by atoms with E-state index < -0.39 is 0 Å². The van der Waals surface area contributed by atoms with E-state index in [1.807, 2.05) is 29.1 Å². The molecule has 1 heterocycles. The lowest BCUT2D eigenvalue weighted by Crippen LogP contribution is -2.25. The Kier molecular flexibility index (Phi) is 3.21. The highest BCUT2D eigenvalue weighted by atomic mass is 15.3. The van der Waals surface area contributed by atoms with Crippen LogP contribution in [0, 0.1) is 10.8 Å². The molecule has 0 amide bonds. The molecular formula is C18H25N3. The minimum atomic E-state index is 0.313. The zero-order valence-corrected chi connectivity index (χ0v) is 13.6. The van der Waals surface area contributed by atoms with Gasteiger partial charge in [0.2, 0.25) is 0 Å². The quantitative estimate of drug-likeness (QED) is 0.920. The van der Waals surface area contributed by atoms with Crippen LogP contribution in [0.5, 0.6) is 0 Å². The van der Waals surface area contributed by atoms with Crippen LogP contribution >= 0.6 is 0 Å². The predicted octanol–water partition coefficient (Wildman–Crippen LogP) is 3.96. The number of nitrogens with zero attached hydrogens (tertiary/aromatic N) is 2. The summed E-state index contributed by atoms with van der Waals surface area (Å²) >= 11 is 0. The summed E-state index contributed by atoms with van der Waals surface area (Å²) in [5, 5.41) is 8.25. The van der Waals surface area contributed by atoms with Crippen LogP contribution in [0.2, 0.25) is 0 Å². The van der Waals surface area contributed by atoms with Gasteiger partial charge in [-0.05, 0) is 29.9 Å². The second-order valence-electron chi connectivity index (χ2n) is 7.32. The summed E-state index contributed by atoms with van der Waals surface area (Å²) in [6.45, 7) is 11.6. The Bertz CT molecular complexity index is 611. The van der Waals surface area contributed by atoms with Gasteiger partial charge in [-0.15, -0.1) is 0 Å². The van der Waals surface area contributed by atoms with Gasteiger partial charge < -0.3 is 5.32 Å². The van der Waals surface area contributed by atoms with Crippen LogP contribution in [0.15, 0.2) is 42.7 Å². The summed E-state index contributed by atoms with van der Waals surface area (Å²) < 4.78 is 1.94. The van der Waals surface area contributed by atoms with E-state index in [2.05, 4.69) is 63.4 Å². The average Bonchev–Trinajstić information content (AvgIpc) is 2.85. The van der Waals surface area contributed by atoms with Crippen molar-refractivity contribution in [2.45, 2.75) is 46.7 Å². The molecule has 0 radical (unpaired) electrons. The number of para-hydroxylation sites is 1. The first-order chi connectivity index (χ1) is 9.84. The van der Waals surface area contributed by atoms with Gasteiger partial charge in [0.15, 0.2) is 0 Å². The molecule has 1 aliphatic rings. The van der Waals surface area contributed by atoms with Crippen molar-refractivity contribution in [1.29, 1.82) is 0 Å². The van der Waals surface area contributed by atoms with Crippen molar-refractivity contribution in [2.24, 2.45) is 10.8 Å². The summed E-state index contributed by atoms with van der Waals surface area (Å²) in [6, 6.07) is 11.1. The summed E-state index contributed by atoms with van der Waals surface area (Å²) in [7, 11) is 0. The van der Waals surface area contributed by atoms with E-state index in [4.69, 9.17) is 0 Å². The largest absolute Gasteiger partial charge is 0.306 e. The molecule has 0 bridgehead atoms. The van der Waals surface area contributed by atoms with Gasteiger partial charge in [-0.1, -0.05) is 45.9 Å². The molecule has 21 heavy (non-hydrogen) atoms. The van der Waals surface area contributed by atoms with Crippen LogP contribution in [-0.2, 0) is 0 Å². The van der Waals surface area contributed by atoms with Crippen molar-refractivity contribution in [3.63, 3.8) is 0 Å². The Morgan fingerprint density at radius 3 is 2.29 bits per heavy atom. The second-order valence-corrected chi connectivity index (χ2v) is 7.32. The highest BCUT2D eigenvalue weighted by molar-refractivity contribution is 5.31. The third kappa shape index (κ3) is 2.30. The van der Waals surface area contributed by atoms with Crippen molar-refractivity contribution < 1.29 is 0 Å². The van der Waals surface area contributed by atoms with Gasteiger partial charge in [0.05, 0.1) is 11.9 Å². The summed E-state index contributed by atoms with van der Waals surface area (Å²) in [5.41, 5.74) is 3.05. The fourth-order valence-electron chi connectivity index (χ4n) is 3.24. The molecule has 1 saturated carbocycles. The lowest BCUT2D eigenvalue weighted by molar-refractivity contribution is 0.457. The minimum absolute atomic E-state index is 0.313. The van der Waals surface area contributed by atoms with Gasteiger partial charge in [0, 0.05) is 23.8 Å². The third-order valence-corrected chi connectivity index (χ3v) is 5.56. The molecule has 0 aliphatic heterocycles. The van der Waals surface area contributed by atoms with E-state index in [0.29, 0.717) is 22.9 Å². The average molecular weight is 283 g/mol. The second kappa shape index (κ2) is 4.70. The Labute approximate surface area is 127 Å². The smallest absolute Gasteiger partial charge is 0.0645 e. The van der Waals surface area contributed by atoms with Crippen molar-refractivity contribution >= 4 is 0 Å². The van der Waals surface area contributed by atoms with E-state index >= 15 is 0 Å². The fraction of sp³-hybridized carbons (Fsp3) is 0.500. The molecule has 1 aliphatic carbocycles. The predicted molar refractivity (Wildman–Crippen MR) is 86.5 cm³/mol. The summed E-state index contributed by atoms with van der Waals surface area (Å²) in [4.78, 5) is 0. The lowest BCUT2D eigenvalue weighted by atomic mass is 10.0. The molecule has 3 nitrogen and oxygen atoms in total. The van der Waals surface area contributed by atoms with E-state index in [1.54, 1.807) is 0 Å². The molecule has 1 N–H and O–H groups in total. The number of benzene rings is 1. The van der Waals surface area contributed by atoms with Gasteiger partial charge in [0.25, 0.3) is 0 Å². The fourth-order valence-corrected chi connectivity index (χ4v) is 3.24. The van der Waals surface area contributed by atoms with Gasteiger partial charge in [0.1, 0.15) is 0 Å². The first-order valence-corrected chi connectivity index (χ1v) is 7.70. The Balaban J connectivity index is 1.73. The van der Waals surface area contributed by atoms with Crippen LogP contribution < -0.4 is 5.32 Å². The summed E-state index contributed by atoms with van der Waals surface area (Å²) in [6.07, 6.45) is 4.09. The SMILES string of the molecule is CC(NC1C(C)(C)C1(C)C)c1cnn(-c2ccccc2)c1. The number of nitrogens with one attached hydrogen (secondary N) is 1. The van der Waals surface area contributed by atoms with Gasteiger partial charge in [-0.2, -0.15) is 5.10 Å². The van der Waals surface area contributed by atoms with Crippen molar-refractivity contribution in [3.8, 4) is 5.69 Å². The minimum Gasteiger partial charge on any atom is -0.306 e. The number of rotatable bonds is 4.